The molecular formula is C38H32N2. The maximum absolute atomic E-state index is 2.51. The first kappa shape index (κ1) is 23.3. The highest BCUT2D eigenvalue weighted by molar-refractivity contribution is 5.94. The van der Waals surface area contributed by atoms with E-state index in [0.29, 0.717) is 5.92 Å². The number of hydrogen-bond acceptors (Lipinski definition) is 0. The quantitative estimate of drug-likeness (QED) is 0.195. The molecule has 194 valence electrons. The van der Waals surface area contributed by atoms with Gasteiger partial charge in [-0.3, -0.25) is 0 Å². The molecule has 2 aliphatic rings. The lowest BCUT2D eigenvalue weighted by atomic mass is 10.0. The molecule has 1 saturated carbocycles. The van der Waals surface area contributed by atoms with Gasteiger partial charge in [0.25, 0.3) is 0 Å². The van der Waals surface area contributed by atoms with E-state index in [1.54, 1.807) is 0 Å². The zero-order chi connectivity index (χ0) is 26.6. The highest BCUT2D eigenvalue weighted by Gasteiger charge is 2.43. The van der Waals surface area contributed by atoms with E-state index in [2.05, 4.69) is 143 Å². The van der Waals surface area contributed by atoms with E-state index in [9.17, 15) is 0 Å². The SMILES string of the molecule is C/C=C\CCc1cc2ccccc2n1-c1ccc(-c2ccc(-n3c4c(c5ccccc53)C=CC3CC43)cc2)cc1. The van der Waals surface area contributed by atoms with Crippen molar-refractivity contribution in [3.05, 3.63) is 138 Å². The molecule has 2 atom stereocenters. The largest absolute Gasteiger partial charge is 0.314 e. The Morgan fingerprint density at radius 2 is 1.43 bits per heavy atom. The van der Waals surface area contributed by atoms with E-state index in [0.717, 1.165) is 18.8 Å². The number of nitrogens with zero attached hydrogens (tertiary/aromatic N) is 2. The molecule has 1 fully saturated rings. The van der Waals surface area contributed by atoms with Crippen LogP contribution in [0.2, 0.25) is 0 Å². The van der Waals surface area contributed by atoms with Gasteiger partial charge in [-0.1, -0.05) is 85.0 Å². The summed E-state index contributed by atoms with van der Waals surface area (Å²) in [4.78, 5) is 0. The van der Waals surface area contributed by atoms with E-state index in [1.807, 2.05) is 0 Å². The van der Waals surface area contributed by atoms with Crippen LogP contribution >= 0.6 is 0 Å². The van der Waals surface area contributed by atoms with Crippen molar-refractivity contribution in [1.29, 1.82) is 0 Å². The summed E-state index contributed by atoms with van der Waals surface area (Å²) < 4.78 is 4.93. The van der Waals surface area contributed by atoms with Gasteiger partial charge in [0.05, 0.1) is 11.0 Å². The van der Waals surface area contributed by atoms with Crippen LogP contribution in [0.15, 0.2) is 121 Å². The van der Waals surface area contributed by atoms with Gasteiger partial charge >= 0.3 is 0 Å². The summed E-state index contributed by atoms with van der Waals surface area (Å²) in [5.74, 6) is 1.38. The average molecular weight is 517 g/mol. The van der Waals surface area contributed by atoms with Crippen LogP contribution < -0.4 is 0 Å². The molecule has 0 radical (unpaired) electrons. The molecule has 2 heteroatoms. The van der Waals surface area contributed by atoms with Crippen LogP contribution in [0.5, 0.6) is 0 Å². The van der Waals surface area contributed by atoms with Crippen molar-refractivity contribution >= 4 is 27.9 Å². The lowest BCUT2D eigenvalue weighted by Crippen LogP contribution is -2.02. The third-order valence-electron chi connectivity index (χ3n) is 8.83. The van der Waals surface area contributed by atoms with Crippen molar-refractivity contribution in [3.8, 4) is 22.5 Å². The second-order valence-corrected chi connectivity index (χ2v) is 11.2. The van der Waals surface area contributed by atoms with Crippen LogP contribution in [-0.2, 0) is 6.42 Å². The van der Waals surface area contributed by atoms with E-state index >= 15 is 0 Å². The maximum Gasteiger partial charge on any atom is 0.0537 e. The summed E-state index contributed by atoms with van der Waals surface area (Å²) in [7, 11) is 0. The molecule has 6 aromatic rings. The van der Waals surface area contributed by atoms with Gasteiger partial charge in [0.15, 0.2) is 0 Å². The summed E-state index contributed by atoms with van der Waals surface area (Å²) in [6, 6.07) is 38.1. The normalized spacial score (nSPS) is 17.5. The number of fused-ring (bicyclic) bond motifs is 6. The highest BCUT2D eigenvalue weighted by Crippen LogP contribution is 2.55. The number of rotatable bonds is 6. The number of aryl methyl sites for hydroxylation is 1. The maximum atomic E-state index is 2.51. The monoisotopic (exact) mass is 516 g/mol. The fraction of sp³-hybridized carbons (Fsp3) is 0.158. The summed E-state index contributed by atoms with van der Waals surface area (Å²) >= 11 is 0. The molecule has 0 aliphatic heterocycles. The van der Waals surface area contributed by atoms with Crippen molar-refractivity contribution in [2.45, 2.75) is 32.1 Å². The number of hydrogen-bond donors (Lipinski definition) is 0. The molecule has 0 spiro atoms. The molecule has 4 aromatic carbocycles. The zero-order valence-electron chi connectivity index (χ0n) is 22.8. The van der Waals surface area contributed by atoms with Gasteiger partial charge in [-0.15, -0.1) is 0 Å². The Morgan fingerprint density at radius 1 is 0.750 bits per heavy atom. The molecule has 0 saturated heterocycles. The van der Waals surface area contributed by atoms with Gasteiger partial charge in [-0.2, -0.15) is 0 Å². The fourth-order valence-corrected chi connectivity index (χ4v) is 6.77. The zero-order valence-corrected chi connectivity index (χ0v) is 22.8. The van der Waals surface area contributed by atoms with Gasteiger partial charge in [0.1, 0.15) is 0 Å². The van der Waals surface area contributed by atoms with Gasteiger partial charge in [0, 0.05) is 45.0 Å². The van der Waals surface area contributed by atoms with Crippen LogP contribution in [0.1, 0.15) is 42.6 Å². The molecule has 40 heavy (non-hydrogen) atoms. The highest BCUT2D eigenvalue weighted by atomic mass is 15.0. The summed E-state index contributed by atoms with van der Waals surface area (Å²) in [6.45, 7) is 2.09. The minimum Gasteiger partial charge on any atom is -0.314 e. The van der Waals surface area contributed by atoms with Crippen LogP contribution in [0.4, 0.5) is 0 Å². The van der Waals surface area contributed by atoms with E-state index in [1.165, 1.54) is 67.7 Å². The Hall–Kier alpha value is -4.56. The topological polar surface area (TPSA) is 9.86 Å². The van der Waals surface area contributed by atoms with Crippen LogP contribution in [0.3, 0.4) is 0 Å². The van der Waals surface area contributed by atoms with Crippen molar-refractivity contribution in [3.63, 3.8) is 0 Å². The number of aromatic nitrogens is 2. The Morgan fingerprint density at radius 3 is 2.17 bits per heavy atom. The first-order valence-corrected chi connectivity index (χ1v) is 14.5. The van der Waals surface area contributed by atoms with E-state index in [4.69, 9.17) is 0 Å². The molecule has 0 amide bonds. The van der Waals surface area contributed by atoms with Crippen molar-refractivity contribution in [2.24, 2.45) is 5.92 Å². The summed E-state index contributed by atoms with van der Waals surface area (Å²) in [5.41, 5.74) is 11.8. The first-order chi connectivity index (χ1) is 19.8. The number of para-hydroxylation sites is 2. The lowest BCUT2D eigenvalue weighted by molar-refractivity contribution is 0.896. The Kier molecular flexibility index (Phi) is 5.41. The van der Waals surface area contributed by atoms with Crippen molar-refractivity contribution < 1.29 is 0 Å². The summed E-state index contributed by atoms with van der Waals surface area (Å²) in [5, 5.41) is 2.66. The molecule has 2 aromatic heterocycles. The Balaban J connectivity index is 1.14. The molecular weight excluding hydrogens is 484 g/mol. The minimum atomic E-state index is 0.660. The lowest BCUT2D eigenvalue weighted by Gasteiger charge is -2.14. The predicted octanol–water partition coefficient (Wildman–Crippen LogP) is 9.88. The molecule has 0 N–H and O–H groups in total. The third kappa shape index (κ3) is 3.71. The van der Waals surface area contributed by atoms with Gasteiger partial charge in [-0.25, -0.2) is 0 Å². The van der Waals surface area contributed by atoms with Gasteiger partial charge in [-0.05, 0) is 85.7 Å². The van der Waals surface area contributed by atoms with Crippen molar-refractivity contribution in [1.82, 2.24) is 9.13 Å². The molecule has 8 rings (SSSR count). The van der Waals surface area contributed by atoms with E-state index < -0.39 is 0 Å². The van der Waals surface area contributed by atoms with Crippen LogP contribution in [0.25, 0.3) is 50.4 Å². The Bertz CT molecular complexity index is 1930. The van der Waals surface area contributed by atoms with Gasteiger partial charge in [0.2, 0.25) is 0 Å². The molecule has 2 aliphatic carbocycles. The molecule has 2 heterocycles. The number of benzene rings is 4. The standard InChI is InChI=1S/C38H32N2/c1-2-3-4-10-32-24-29-9-5-7-12-36(29)39(32)30-19-14-26(15-20-30)27-16-21-31(22-17-27)40-37-13-8-6-11-33(37)34-23-18-28-25-35(28)38(34)40/h2-3,5-9,11-24,28,35H,4,10,25H2,1H3/b3-2-. The average Bonchev–Trinajstić information content (AvgIpc) is 3.60. The first-order valence-electron chi connectivity index (χ1n) is 14.5. The molecule has 0 bridgehead atoms. The second kappa shape index (κ2) is 9.27. The molecule has 2 unspecified atom stereocenters. The van der Waals surface area contributed by atoms with Gasteiger partial charge < -0.3 is 9.13 Å². The number of allylic oxidation sites excluding steroid dienone is 3. The summed E-state index contributed by atoms with van der Waals surface area (Å²) in [6.07, 6.45) is 12.5. The van der Waals surface area contributed by atoms with Crippen molar-refractivity contribution in [2.75, 3.05) is 0 Å². The predicted molar refractivity (Wildman–Crippen MR) is 169 cm³/mol. The third-order valence-corrected chi connectivity index (χ3v) is 8.83. The van der Waals surface area contributed by atoms with Crippen LogP contribution in [-0.4, -0.2) is 9.13 Å². The fourth-order valence-electron chi connectivity index (χ4n) is 6.77. The Labute approximate surface area is 235 Å². The molecule has 2 nitrogen and oxygen atoms in total. The van der Waals surface area contributed by atoms with E-state index in [-0.39, 0.29) is 0 Å². The van der Waals surface area contributed by atoms with Crippen LogP contribution in [0, 0.1) is 5.92 Å². The minimum absolute atomic E-state index is 0.660. The smallest absolute Gasteiger partial charge is 0.0537 e. The second-order valence-electron chi connectivity index (χ2n) is 11.2.